The minimum Gasteiger partial charge on any atom is -0.424 e. The predicted molar refractivity (Wildman–Crippen MR) is 141 cm³/mol. The molecule has 2 aromatic rings. The largest absolute Gasteiger partial charge is 0.424 e. The smallest absolute Gasteiger partial charge is 0.292 e. The molecule has 192 valence electrons. The Labute approximate surface area is 213 Å². The molecule has 6 unspecified atom stereocenters. The number of anilines is 1. The summed E-state index contributed by atoms with van der Waals surface area (Å²) in [5.41, 5.74) is 8.58. The number of halogens is 1. The molecule has 0 spiro atoms. The molecule has 5 N–H and O–H groups in total. The fraction of sp³-hybridized carbons (Fsp3) is 0.679. The highest BCUT2D eigenvalue weighted by Gasteiger charge is 2.65. The molecule has 0 aliphatic heterocycles. The van der Waals surface area contributed by atoms with Gasteiger partial charge in [-0.3, -0.25) is 0 Å². The van der Waals surface area contributed by atoms with Crippen molar-refractivity contribution in [2.24, 2.45) is 23.2 Å². The molecule has 3 fully saturated rings. The first-order chi connectivity index (χ1) is 16.6. The molecule has 1 heterocycles. The van der Waals surface area contributed by atoms with E-state index in [-0.39, 0.29) is 23.5 Å². The van der Waals surface area contributed by atoms with Gasteiger partial charge < -0.3 is 25.7 Å². The molecule has 4 aliphatic carbocycles. The third-order valence-corrected chi connectivity index (χ3v) is 10.3. The highest BCUT2D eigenvalue weighted by Crippen LogP contribution is 2.67. The van der Waals surface area contributed by atoms with E-state index >= 15 is 0 Å². The van der Waals surface area contributed by atoms with Crippen LogP contribution in [0, 0.1) is 23.2 Å². The summed E-state index contributed by atoms with van der Waals surface area (Å²) >= 11 is 7.40. The molecule has 4 aliphatic rings. The predicted octanol–water partition coefficient (Wildman–Crippen LogP) is 5.12. The summed E-state index contributed by atoms with van der Waals surface area (Å²) in [4.78, 5) is 3.61. The number of alkyl halides is 1. The number of oxazole rings is 1. The van der Waals surface area contributed by atoms with Gasteiger partial charge >= 0.3 is 0 Å². The van der Waals surface area contributed by atoms with Gasteiger partial charge in [0.2, 0.25) is 0 Å². The van der Waals surface area contributed by atoms with E-state index in [0.29, 0.717) is 17.4 Å². The molecule has 7 heteroatoms. The van der Waals surface area contributed by atoms with Crippen molar-refractivity contribution >= 4 is 34.3 Å². The zero-order valence-corrected chi connectivity index (χ0v) is 21.9. The second-order valence-corrected chi connectivity index (χ2v) is 12.4. The maximum absolute atomic E-state index is 12.3. The van der Waals surface area contributed by atoms with Crippen LogP contribution in [-0.2, 0) is 0 Å². The first-order valence-corrected chi connectivity index (χ1v) is 13.6. The summed E-state index contributed by atoms with van der Waals surface area (Å²) in [7, 11) is 3.75. The fourth-order valence-corrected chi connectivity index (χ4v) is 8.44. The molecule has 1 aromatic heterocycles. The van der Waals surface area contributed by atoms with Crippen LogP contribution < -0.4 is 11.1 Å². The van der Waals surface area contributed by atoms with Gasteiger partial charge in [0.05, 0.1) is 16.6 Å². The highest BCUT2D eigenvalue weighted by atomic mass is 35.5. The average Bonchev–Trinajstić information content (AvgIpc) is 3.32. The fourth-order valence-electron chi connectivity index (χ4n) is 7.92. The van der Waals surface area contributed by atoms with Gasteiger partial charge in [-0.05, 0) is 112 Å². The number of benzene rings is 1. The Morgan fingerprint density at radius 2 is 1.91 bits per heavy atom. The number of aliphatic hydroxyl groups is 2. The summed E-state index contributed by atoms with van der Waals surface area (Å²) in [5, 5.41) is 25.4. The maximum Gasteiger partial charge on any atom is 0.292 e. The lowest BCUT2D eigenvalue weighted by Gasteiger charge is -2.57. The van der Waals surface area contributed by atoms with E-state index in [1.165, 1.54) is 5.57 Å². The second kappa shape index (κ2) is 9.05. The molecule has 1 aromatic carbocycles. The number of nitrogen functional groups attached to an aromatic ring is 1. The Morgan fingerprint density at radius 3 is 2.69 bits per heavy atom. The van der Waals surface area contributed by atoms with Gasteiger partial charge in [0, 0.05) is 5.92 Å². The third-order valence-electron chi connectivity index (χ3n) is 9.65. The van der Waals surface area contributed by atoms with E-state index in [1.807, 2.05) is 26.2 Å². The molecular formula is C28H40ClN3O3. The number of nitrogens with one attached hydrogen (secondary N) is 1. The SMILES string of the molecule is CC12CCC3(Cl)CC4CC(O)CCC4CC[C@]3(O)C1CC=C2c1ccc2nc(N)oc2c1.CNC. The molecule has 6 nitrogen and oxygen atoms in total. The third kappa shape index (κ3) is 4.01. The van der Waals surface area contributed by atoms with Crippen molar-refractivity contribution < 1.29 is 14.6 Å². The highest BCUT2D eigenvalue weighted by molar-refractivity contribution is 6.25. The van der Waals surface area contributed by atoms with Crippen LogP contribution in [0.5, 0.6) is 0 Å². The minimum atomic E-state index is -0.900. The van der Waals surface area contributed by atoms with Crippen molar-refractivity contribution in [2.75, 3.05) is 19.8 Å². The van der Waals surface area contributed by atoms with Gasteiger partial charge in [-0.15, -0.1) is 11.6 Å². The lowest BCUT2D eigenvalue weighted by atomic mass is 9.53. The molecule has 35 heavy (non-hydrogen) atoms. The normalized spacial score (nSPS) is 40.6. The Balaban J connectivity index is 0.000000806. The van der Waals surface area contributed by atoms with E-state index in [2.05, 4.69) is 29.4 Å². The molecule has 0 bridgehead atoms. The van der Waals surface area contributed by atoms with E-state index in [1.54, 1.807) is 0 Å². The molecule has 7 atom stereocenters. The number of fused-ring (bicyclic) bond motifs is 5. The number of rotatable bonds is 1. The van der Waals surface area contributed by atoms with Gasteiger partial charge in [-0.1, -0.05) is 19.1 Å². The Kier molecular flexibility index (Phi) is 6.48. The zero-order chi connectivity index (χ0) is 25.0. The zero-order valence-electron chi connectivity index (χ0n) is 21.2. The Hall–Kier alpha value is -1.60. The molecule has 6 rings (SSSR count). The van der Waals surface area contributed by atoms with Crippen LogP contribution in [0.3, 0.4) is 0 Å². The summed E-state index contributed by atoms with van der Waals surface area (Å²) in [6, 6.07) is 6.28. The van der Waals surface area contributed by atoms with Crippen LogP contribution in [0.2, 0.25) is 0 Å². The van der Waals surface area contributed by atoms with Crippen LogP contribution in [0.25, 0.3) is 16.7 Å². The Morgan fingerprint density at radius 1 is 1.14 bits per heavy atom. The first-order valence-electron chi connectivity index (χ1n) is 13.2. The van der Waals surface area contributed by atoms with E-state index < -0.39 is 10.5 Å². The number of hydrogen-bond acceptors (Lipinski definition) is 6. The molecule has 0 radical (unpaired) electrons. The van der Waals surface area contributed by atoms with Gasteiger partial charge in [-0.2, -0.15) is 4.98 Å². The van der Waals surface area contributed by atoms with Crippen molar-refractivity contribution in [2.45, 2.75) is 81.3 Å². The number of allylic oxidation sites excluding steroid dienone is 2. The lowest BCUT2D eigenvalue weighted by molar-refractivity contribution is -0.118. The van der Waals surface area contributed by atoms with E-state index in [9.17, 15) is 10.2 Å². The van der Waals surface area contributed by atoms with Gasteiger partial charge in [0.15, 0.2) is 5.58 Å². The molecular weight excluding hydrogens is 462 g/mol. The number of aliphatic hydroxyl groups excluding tert-OH is 1. The number of nitrogens with zero attached hydrogens (tertiary/aromatic N) is 1. The van der Waals surface area contributed by atoms with Crippen LogP contribution in [0.4, 0.5) is 6.01 Å². The lowest BCUT2D eigenvalue weighted by Crippen LogP contribution is -2.62. The van der Waals surface area contributed by atoms with Crippen LogP contribution in [-0.4, -0.2) is 45.9 Å². The minimum absolute atomic E-state index is 0.0943. The van der Waals surface area contributed by atoms with Crippen LogP contribution in [0.15, 0.2) is 28.7 Å². The van der Waals surface area contributed by atoms with Crippen LogP contribution in [0.1, 0.15) is 70.3 Å². The number of aromatic nitrogens is 1. The summed E-state index contributed by atoms with van der Waals surface area (Å²) in [6.45, 7) is 2.31. The summed E-state index contributed by atoms with van der Waals surface area (Å²) < 4.78 is 5.59. The molecule has 0 saturated heterocycles. The average molecular weight is 502 g/mol. The van der Waals surface area contributed by atoms with Crippen LogP contribution >= 0.6 is 11.6 Å². The second-order valence-electron chi connectivity index (χ2n) is 11.7. The standard InChI is InChI=1S/C26H33ClN2O3.C2H7N/c1-24-10-11-25(27)14-17-12-18(30)4-2-15(17)8-9-26(25,31)22(24)7-5-19(24)16-3-6-20-21(13-16)32-23(28)29-20;1-3-2/h3,5-6,13,15,17-18,22,30-31H,2,4,7-12,14H2,1H3,(H2,28,29);3H,1-2H3/t15?,17?,18?,22?,24?,25?,26-;/m0./s1. The topological polar surface area (TPSA) is 105 Å². The quantitative estimate of drug-likeness (QED) is 0.404. The molecule has 3 saturated carbocycles. The number of nitrogens with two attached hydrogens (primary N) is 1. The first kappa shape index (κ1) is 25.1. The van der Waals surface area contributed by atoms with E-state index in [4.69, 9.17) is 21.8 Å². The maximum atomic E-state index is 12.3. The van der Waals surface area contributed by atoms with Gasteiger partial charge in [0.25, 0.3) is 6.01 Å². The van der Waals surface area contributed by atoms with Crippen molar-refractivity contribution in [3.05, 3.63) is 29.8 Å². The van der Waals surface area contributed by atoms with E-state index in [0.717, 1.165) is 68.9 Å². The van der Waals surface area contributed by atoms with Crippen molar-refractivity contribution in [1.82, 2.24) is 10.3 Å². The van der Waals surface area contributed by atoms with Crippen molar-refractivity contribution in [1.29, 1.82) is 0 Å². The van der Waals surface area contributed by atoms with Gasteiger partial charge in [-0.25, -0.2) is 0 Å². The number of hydrogen-bond donors (Lipinski definition) is 4. The summed E-state index contributed by atoms with van der Waals surface area (Å²) in [6.07, 6.45) is 10.0. The summed E-state index contributed by atoms with van der Waals surface area (Å²) in [5.74, 6) is 1.09. The Bertz CT molecular complexity index is 1120. The van der Waals surface area contributed by atoms with Crippen molar-refractivity contribution in [3.63, 3.8) is 0 Å². The van der Waals surface area contributed by atoms with Gasteiger partial charge in [0.1, 0.15) is 5.52 Å². The monoisotopic (exact) mass is 501 g/mol. The van der Waals surface area contributed by atoms with Crippen molar-refractivity contribution in [3.8, 4) is 0 Å². The molecule has 0 amide bonds.